The number of hydrogen-bond donors (Lipinski definition) is 2. The summed E-state index contributed by atoms with van der Waals surface area (Å²) in [5.74, 6) is 0.192. The number of carbonyl (C=O) groups is 1. The molecular formula is C26H34N6O. The van der Waals surface area contributed by atoms with E-state index < -0.39 is 0 Å². The lowest BCUT2D eigenvalue weighted by atomic mass is 10.1. The summed E-state index contributed by atoms with van der Waals surface area (Å²) in [5, 5.41) is 10.9. The Morgan fingerprint density at radius 1 is 1.09 bits per heavy atom. The van der Waals surface area contributed by atoms with Gasteiger partial charge in [0.25, 0.3) is 5.91 Å². The van der Waals surface area contributed by atoms with Gasteiger partial charge >= 0.3 is 0 Å². The van der Waals surface area contributed by atoms with Crippen molar-refractivity contribution in [2.45, 2.75) is 47.7 Å². The fraction of sp³-hybridized carbons (Fsp3) is 0.346. The average Bonchev–Trinajstić information content (AvgIpc) is 3.06. The van der Waals surface area contributed by atoms with E-state index >= 15 is 0 Å². The smallest absolute Gasteiger partial charge is 0.258 e. The second-order valence-electron chi connectivity index (χ2n) is 8.47. The molecule has 0 saturated heterocycles. The number of benzene rings is 2. The fourth-order valence-corrected chi connectivity index (χ4v) is 3.73. The lowest BCUT2D eigenvalue weighted by Crippen LogP contribution is -2.36. The van der Waals surface area contributed by atoms with Crippen LogP contribution in [0.5, 0.6) is 0 Å². The highest BCUT2D eigenvalue weighted by atomic mass is 16.1. The third-order valence-electron chi connectivity index (χ3n) is 5.72. The molecule has 0 bridgehead atoms. The van der Waals surface area contributed by atoms with Crippen molar-refractivity contribution in [1.29, 1.82) is 0 Å². The topological polar surface area (TPSA) is 74.5 Å². The minimum Gasteiger partial charge on any atom is -0.378 e. The van der Waals surface area contributed by atoms with E-state index in [9.17, 15) is 4.79 Å². The summed E-state index contributed by atoms with van der Waals surface area (Å²) in [4.78, 5) is 19.8. The fourth-order valence-electron chi connectivity index (χ4n) is 3.73. The summed E-state index contributed by atoms with van der Waals surface area (Å²) in [5.41, 5.74) is 7.81. The molecule has 2 aromatic carbocycles. The van der Waals surface area contributed by atoms with Crippen LogP contribution in [0.1, 0.15) is 45.4 Å². The normalized spacial score (nSPS) is 11.4. The van der Waals surface area contributed by atoms with Crippen molar-refractivity contribution < 1.29 is 4.79 Å². The van der Waals surface area contributed by atoms with E-state index in [0.717, 1.165) is 40.4 Å². The zero-order valence-electron chi connectivity index (χ0n) is 20.7. The van der Waals surface area contributed by atoms with Gasteiger partial charge in [-0.05, 0) is 64.4 Å². The molecule has 174 valence electrons. The summed E-state index contributed by atoms with van der Waals surface area (Å²) in [6, 6.07) is 13.7. The van der Waals surface area contributed by atoms with Gasteiger partial charge in [0, 0.05) is 48.8 Å². The molecule has 33 heavy (non-hydrogen) atoms. The first kappa shape index (κ1) is 24.0. The Bertz CT molecular complexity index is 1180. The van der Waals surface area contributed by atoms with Crippen molar-refractivity contribution in [3.8, 4) is 0 Å². The molecule has 3 rings (SSSR count). The minimum atomic E-state index is -0.215. The minimum absolute atomic E-state index is 0.215. The van der Waals surface area contributed by atoms with Crippen LogP contribution in [0, 0.1) is 27.7 Å². The zero-order chi connectivity index (χ0) is 24.1. The number of amides is 1. The number of rotatable bonds is 6. The van der Waals surface area contributed by atoms with Crippen LogP contribution in [0.2, 0.25) is 0 Å². The van der Waals surface area contributed by atoms with Crippen LogP contribution in [-0.4, -0.2) is 35.7 Å². The Morgan fingerprint density at radius 2 is 1.85 bits per heavy atom. The first-order valence-electron chi connectivity index (χ1n) is 11.2. The standard InChI is InChI=1S/C26H34N6O/c1-8-32-20(5)23(19(4)30-32)16-27-26(28-24-13-12-17(2)14-18(24)3)29-25(33)21-10-9-11-22(15-21)31(6)7/h9-15H,8,16H2,1-7H3,(H2,27,28,29,33). The van der Waals surface area contributed by atoms with E-state index in [0.29, 0.717) is 18.1 Å². The molecule has 0 unspecified atom stereocenters. The SMILES string of the molecule is CCn1nc(C)c(CN=C(NC(=O)c2cccc(N(C)C)c2)Nc2ccc(C)cc2C)c1C. The van der Waals surface area contributed by atoms with Crippen molar-refractivity contribution >= 4 is 23.2 Å². The van der Waals surface area contributed by atoms with Gasteiger partial charge in [-0.2, -0.15) is 5.10 Å². The van der Waals surface area contributed by atoms with Crippen molar-refractivity contribution in [1.82, 2.24) is 15.1 Å². The van der Waals surface area contributed by atoms with Gasteiger partial charge in [0.05, 0.1) is 12.2 Å². The zero-order valence-corrected chi connectivity index (χ0v) is 20.7. The number of aliphatic imine (C=N–C) groups is 1. The van der Waals surface area contributed by atoms with Crippen molar-refractivity contribution in [2.75, 3.05) is 24.3 Å². The molecule has 0 aliphatic rings. The summed E-state index contributed by atoms with van der Waals surface area (Å²) in [6.45, 7) is 11.4. The number of aromatic nitrogens is 2. The second kappa shape index (κ2) is 10.3. The Balaban J connectivity index is 1.91. The van der Waals surface area contributed by atoms with E-state index in [-0.39, 0.29) is 5.91 Å². The maximum Gasteiger partial charge on any atom is 0.258 e. The van der Waals surface area contributed by atoms with Gasteiger partial charge in [-0.1, -0.05) is 23.8 Å². The predicted molar refractivity (Wildman–Crippen MR) is 136 cm³/mol. The van der Waals surface area contributed by atoms with Crippen LogP contribution >= 0.6 is 0 Å². The monoisotopic (exact) mass is 446 g/mol. The molecule has 0 atom stereocenters. The molecule has 1 aromatic heterocycles. The molecule has 0 fully saturated rings. The van der Waals surface area contributed by atoms with Gasteiger partial charge in [0.1, 0.15) is 0 Å². The largest absolute Gasteiger partial charge is 0.378 e. The van der Waals surface area contributed by atoms with Gasteiger partial charge in [-0.3, -0.25) is 14.8 Å². The number of nitrogens with one attached hydrogen (secondary N) is 2. The Labute approximate surface area is 196 Å². The second-order valence-corrected chi connectivity index (χ2v) is 8.47. The number of anilines is 2. The molecule has 7 nitrogen and oxygen atoms in total. The molecule has 1 heterocycles. The molecule has 0 spiro atoms. The van der Waals surface area contributed by atoms with Crippen molar-refractivity contribution in [2.24, 2.45) is 4.99 Å². The number of carbonyl (C=O) groups excluding carboxylic acids is 1. The number of hydrogen-bond acceptors (Lipinski definition) is 4. The third kappa shape index (κ3) is 5.80. The number of guanidine groups is 1. The third-order valence-corrected chi connectivity index (χ3v) is 5.72. The first-order chi connectivity index (χ1) is 15.7. The lowest BCUT2D eigenvalue weighted by Gasteiger charge is -2.16. The molecule has 0 aliphatic carbocycles. The first-order valence-corrected chi connectivity index (χ1v) is 11.2. The summed E-state index contributed by atoms with van der Waals surface area (Å²) in [7, 11) is 3.90. The lowest BCUT2D eigenvalue weighted by molar-refractivity contribution is 0.0977. The molecule has 0 radical (unpaired) electrons. The van der Waals surface area contributed by atoms with Crippen LogP contribution in [-0.2, 0) is 13.1 Å². The van der Waals surface area contributed by atoms with E-state index in [1.807, 2.05) is 67.9 Å². The maximum atomic E-state index is 13.1. The van der Waals surface area contributed by atoms with Crippen molar-refractivity contribution in [3.05, 3.63) is 76.1 Å². The predicted octanol–water partition coefficient (Wildman–Crippen LogP) is 4.60. The van der Waals surface area contributed by atoms with Gasteiger partial charge in [-0.25, -0.2) is 4.99 Å². The highest BCUT2D eigenvalue weighted by molar-refractivity contribution is 6.10. The molecule has 3 aromatic rings. The number of nitrogens with zero attached hydrogens (tertiary/aromatic N) is 4. The summed E-state index contributed by atoms with van der Waals surface area (Å²) >= 11 is 0. The average molecular weight is 447 g/mol. The number of aryl methyl sites for hydroxylation is 4. The Hall–Kier alpha value is -3.61. The molecule has 0 aliphatic heterocycles. The van der Waals surface area contributed by atoms with Crippen LogP contribution < -0.4 is 15.5 Å². The molecule has 1 amide bonds. The van der Waals surface area contributed by atoms with Gasteiger partial charge in [0.15, 0.2) is 0 Å². The van der Waals surface area contributed by atoms with Gasteiger partial charge < -0.3 is 10.2 Å². The molecular weight excluding hydrogens is 412 g/mol. The molecule has 7 heteroatoms. The summed E-state index contributed by atoms with van der Waals surface area (Å²) in [6.07, 6.45) is 0. The van der Waals surface area contributed by atoms with Gasteiger partial charge in [0.2, 0.25) is 5.96 Å². The van der Waals surface area contributed by atoms with Crippen LogP contribution in [0.3, 0.4) is 0 Å². The van der Waals surface area contributed by atoms with E-state index in [1.165, 1.54) is 5.56 Å². The van der Waals surface area contributed by atoms with E-state index in [4.69, 9.17) is 4.99 Å². The van der Waals surface area contributed by atoms with Crippen LogP contribution in [0.4, 0.5) is 11.4 Å². The Kier molecular flexibility index (Phi) is 7.53. The van der Waals surface area contributed by atoms with Crippen molar-refractivity contribution in [3.63, 3.8) is 0 Å². The molecule has 2 N–H and O–H groups in total. The van der Waals surface area contributed by atoms with Crippen LogP contribution in [0.25, 0.3) is 0 Å². The van der Waals surface area contributed by atoms with E-state index in [1.54, 1.807) is 6.07 Å². The summed E-state index contributed by atoms with van der Waals surface area (Å²) < 4.78 is 1.97. The maximum absolute atomic E-state index is 13.1. The highest BCUT2D eigenvalue weighted by Gasteiger charge is 2.14. The quantitative estimate of drug-likeness (QED) is 0.429. The van der Waals surface area contributed by atoms with Gasteiger partial charge in [-0.15, -0.1) is 0 Å². The highest BCUT2D eigenvalue weighted by Crippen LogP contribution is 2.18. The van der Waals surface area contributed by atoms with E-state index in [2.05, 4.69) is 42.6 Å². The molecule has 0 saturated carbocycles. The Morgan fingerprint density at radius 3 is 2.48 bits per heavy atom. The van der Waals surface area contributed by atoms with Crippen LogP contribution in [0.15, 0.2) is 47.5 Å².